The van der Waals surface area contributed by atoms with Crippen molar-refractivity contribution >= 4 is 5.91 Å². The first kappa shape index (κ1) is 18.9. The smallest absolute Gasteiger partial charge is 0.222 e. The quantitative estimate of drug-likeness (QED) is 0.781. The van der Waals surface area contributed by atoms with Crippen LogP contribution in [-0.4, -0.2) is 60.1 Å². The Labute approximate surface area is 146 Å². The zero-order valence-corrected chi connectivity index (χ0v) is 15.2. The molecule has 4 heteroatoms. The maximum absolute atomic E-state index is 12.4. The lowest BCUT2D eigenvalue weighted by molar-refractivity contribution is -0.131. The fourth-order valence-electron chi connectivity index (χ4n) is 3.58. The Kier molecular flexibility index (Phi) is 7.25. The number of likely N-dealkylation sites (tertiary alicyclic amines) is 1. The number of carbonyl (C=O) groups excluding carboxylic acids is 1. The summed E-state index contributed by atoms with van der Waals surface area (Å²) >= 11 is 0. The van der Waals surface area contributed by atoms with E-state index in [9.17, 15) is 9.90 Å². The van der Waals surface area contributed by atoms with Crippen LogP contribution >= 0.6 is 0 Å². The highest BCUT2D eigenvalue weighted by Gasteiger charge is 2.31. The van der Waals surface area contributed by atoms with E-state index in [1.807, 2.05) is 30.0 Å². The van der Waals surface area contributed by atoms with Crippen molar-refractivity contribution in [2.24, 2.45) is 0 Å². The molecule has 0 spiro atoms. The third-order valence-electron chi connectivity index (χ3n) is 4.83. The van der Waals surface area contributed by atoms with E-state index in [4.69, 9.17) is 0 Å². The Morgan fingerprint density at radius 1 is 1.17 bits per heavy atom. The maximum atomic E-state index is 12.4. The molecule has 4 nitrogen and oxygen atoms in total. The van der Waals surface area contributed by atoms with Gasteiger partial charge in [-0.2, -0.15) is 0 Å². The molecule has 0 radical (unpaired) electrons. The van der Waals surface area contributed by atoms with Crippen molar-refractivity contribution in [3.05, 3.63) is 35.9 Å². The fourth-order valence-corrected chi connectivity index (χ4v) is 3.58. The molecule has 1 fully saturated rings. The number of nitrogens with zero attached hydrogens (tertiary/aromatic N) is 2. The summed E-state index contributed by atoms with van der Waals surface area (Å²) in [4.78, 5) is 16.4. The summed E-state index contributed by atoms with van der Waals surface area (Å²) in [6.07, 6.45) is 6.00. The summed E-state index contributed by atoms with van der Waals surface area (Å²) in [6.45, 7) is 2.14. The molecule has 1 aromatic carbocycles. The van der Waals surface area contributed by atoms with Crippen LogP contribution in [0.25, 0.3) is 0 Å². The first-order chi connectivity index (χ1) is 11.5. The van der Waals surface area contributed by atoms with Crippen LogP contribution in [0.5, 0.6) is 0 Å². The van der Waals surface area contributed by atoms with Crippen LogP contribution in [0.1, 0.15) is 44.1 Å². The van der Waals surface area contributed by atoms with Gasteiger partial charge in [-0.1, -0.05) is 30.3 Å². The van der Waals surface area contributed by atoms with Crippen molar-refractivity contribution in [3.8, 4) is 0 Å². The number of benzene rings is 1. The minimum atomic E-state index is -0.647. The molecule has 0 aromatic heterocycles. The molecule has 0 saturated carbocycles. The molecule has 1 N–H and O–H groups in total. The molecule has 1 aliphatic heterocycles. The Hall–Kier alpha value is -1.39. The van der Waals surface area contributed by atoms with Gasteiger partial charge in [0.2, 0.25) is 5.91 Å². The van der Waals surface area contributed by atoms with Gasteiger partial charge in [0.15, 0.2) is 0 Å². The molecule has 0 unspecified atom stereocenters. The van der Waals surface area contributed by atoms with Gasteiger partial charge in [0.25, 0.3) is 0 Å². The van der Waals surface area contributed by atoms with Crippen LogP contribution in [0, 0.1) is 0 Å². The number of amides is 1. The van der Waals surface area contributed by atoms with E-state index >= 15 is 0 Å². The molecule has 1 aromatic rings. The first-order valence-electron chi connectivity index (χ1n) is 9.17. The fraction of sp³-hybridized carbons (Fsp3) is 0.650. The van der Waals surface area contributed by atoms with E-state index in [2.05, 4.69) is 24.3 Å². The van der Waals surface area contributed by atoms with Gasteiger partial charge >= 0.3 is 0 Å². The van der Waals surface area contributed by atoms with Crippen LogP contribution < -0.4 is 0 Å². The second kappa shape index (κ2) is 9.19. The SMILES string of the molecule is CN(C)C[C@@]1(O)CCCN(C(=O)CCCCc2ccccc2)CC1. The monoisotopic (exact) mass is 332 g/mol. The van der Waals surface area contributed by atoms with Crippen LogP contribution in [-0.2, 0) is 11.2 Å². The lowest BCUT2D eigenvalue weighted by atomic mass is 9.94. The molecule has 1 heterocycles. The van der Waals surface area contributed by atoms with Crippen LogP contribution in [0.3, 0.4) is 0 Å². The summed E-state index contributed by atoms with van der Waals surface area (Å²) in [7, 11) is 3.97. The summed E-state index contributed by atoms with van der Waals surface area (Å²) in [5.41, 5.74) is 0.694. The van der Waals surface area contributed by atoms with E-state index in [0.29, 0.717) is 25.9 Å². The van der Waals surface area contributed by atoms with Crippen molar-refractivity contribution in [3.63, 3.8) is 0 Å². The van der Waals surface area contributed by atoms with Gasteiger partial charge in [0, 0.05) is 26.1 Å². The number of aliphatic hydroxyl groups is 1. The number of hydrogen-bond donors (Lipinski definition) is 1. The Morgan fingerprint density at radius 3 is 2.62 bits per heavy atom. The van der Waals surface area contributed by atoms with Gasteiger partial charge < -0.3 is 14.9 Å². The molecule has 24 heavy (non-hydrogen) atoms. The highest BCUT2D eigenvalue weighted by atomic mass is 16.3. The van der Waals surface area contributed by atoms with Gasteiger partial charge in [-0.15, -0.1) is 0 Å². The van der Waals surface area contributed by atoms with Crippen LogP contribution in [0.2, 0.25) is 0 Å². The Morgan fingerprint density at radius 2 is 1.92 bits per heavy atom. The summed E-state index contributed by atoms with van der Waals surface area (Å²) in [5, 5.41) is 10.7. The number of unbranched alkanes of at least 4 members (excludes halogenated alkanes) is 1. The number of carbonyl (C=O) groups is 1. The molecular formula is C20H32N2O2. The van der Waals surface area contributed by atoms with Gasteiger partial charge in [0.1, 0.15) is 0 Å². The van der Waals surface area contributed by atoms with Crippen LogP contribution in [0.4, 0.5) is 0 Å². The topological polar surface area (TPSA) is 43.8 Å². The van der Waals surface area contributed by atoms with Gasteiger partial charge in [-0.05, 0) is 58.2 Å². The number of rotatable bonds is 7. The van der Waals surface area contributed by atoms with E-state index in [-0.39, 0.29) is 5.91 Å². The maximum Gasteiger partial charge on any atom is 0.222 e. The third-order valence-corrected chi connectivity index (χ3v) is 4.83. The molecule has 0 aliphatic carbocycles. The molecule has 1 aliphatic rings. The number of hydrogen-bond acceptors (Lipinski definition) is 3. The molecule has 1 atom stereocenters. The van der Waals surface area contributed by atoms with E-state index in [1.165, 1.54) is 5.56 Å². The van der Waals surface area contributed by atoms with Gasteiger partial charge in [-0.25, -0.2) is 0 Å². The van der Waals surface area contributed by atoms with Gasteiger partial charge in [-0.3, -0.25) is 4.79 Å². The normalized spacial score (nSPS) is 21.8. The number of likely N-dealkylation sites (N-methyl/N-ethyl adjacent to an activating group) is 1. The second-order valence-corrected chi connectivity index (χ2v) is 7.39. The molecule has 1 amide bonds. The van der Waals surface area contributed by atoms with Crippen molar-refractivity contribution in [1.82, 2.24) is 9.80 Å². The highest BCUT2D eigenvalue weighted by molar-refractivity contribution is 5.76. The van der Waals surface area contributed by atoms with Crippen molar-refractivity contribution in [2.75, 3.05) is 33.7 Å². The predicted molar refractivity (Wildman–Crippen MR) is 97.9 cm³/mol. The third kappa shape index (κ3) is 6.25. The Balaban J connectivity index is 1.70. The zero-order valence-electron chi connectivity index (χ0n) is 15.2. The predicted octanol–water partition coefficient (Wildman–Crippen LogP) is 2.70. The van der Waals surface area contributed by atoms with Crippen molar-refractivity contribution in [1.29, 1.82) is 0 Å². The van der Waals surface area contributed by atoms with E-state index in [0.717, 1.165) is 38.6 Å². The second-order valence-electron chi connectivity index (χ2n) is 7.39. The zero-order chi connectivity index (χ0) is 17.4. The highest BCUT2D eigenvalue weighted by Crippen LogP contribution is 2.23. The average Bonchev–Trinajstić information content (AvgIpc) is 2.73. The standard InChI is InChI=1S/C20H32N2O2/c1-21(2)17-20(24)13-8-15-22(16-14-20)19(23)12-7-6-11-18-9-4-3-5-10-18/h3-5,9-10,24H,6-8,11-17H2,1-2H3/t20-/m1/s1. The minimum absolute atomic E-state index is 0.247. The summed E-state index contributed by atoms with van der Waals surface area (Å²) in [5.74, 6) is 0.247. The molecular weight excluding hydrogens is 300 g/mol. The lowest BCUT2D eigenvalue weighted by Gasteiger charge is -2.30. The average molecular weight is 332 g/mol. The summed E-state index contributed by atoms with van der Waals surface area (Å²) in [6, 6.07) is 10.4. The molecule has 0 bridgehead atoms. The lowest BCUT2D eigenvalue weighted by Crippen LogP contribution is -2.41. The molecule has 2 rings (SSSR count). The van der Waals surface area contributed by atoms with E-state index in [1.54, 1.807) is 0 Å². The van der Waals surface area contributed by atoms with Gasteiger partial charge in [0.05, 0.1) is 5.60 Å². The van der Waals surface area contributed by atoms with Crippen LogP contribution in [0.15, 0.2) is 30.3 Å². The Bertz CT molecular complexity index is 504. The molecule has 1 saturated heterocycles. The minimum Gasteiger partial charge on any atom is -0.388 e. The summed E-state index contributed by atoms with van der Waals surface area (Å²) < 4.78 is 0. The first-order valence-corrected chi connectivity index (χ1v) is 9.17. The van der Waals surface area contributed by atoms with Crippen molar-refractivity contribution in [2.45, 2.75) is 50.5 Å². The number of aryl methyl sites for hydroxylation is 1. The van der Waals surface area contributed by atoms with Crippen molar-refractivity contribution < 1.29 is 9.90 Å². The largest absolute Gasteiger partial charge is 0.388 e. The molecule has 134 valence electrons. The van der Waals surface area contributed by atoms with E-state index < -0.39 is 5.60 Å².